The van der Waals surface area contributed by atoms with E-state index in [0.29, 0.717) is 29.1 Å². The van der Waals surface area contributed by atoms with Gasteiger partial charge in [-0.15, -0.1) is 0 Å². The third kappa shape index (κ3) is 3.65. The molecule has 0 aromatic rings. The molecule has 4 heteroatoms. The van der Waals surface area contributed by atoms with E-state index in [1.807, 2.05) is 0 Å². The van der Waals surface area contributed by atoms with Crippen LogP contribution in [0.1, 0.15) is 91.4 Å². The predicted octanol–water partition coefficient (Wildman–Crippen LogP) is 1.14. The Morgan fingerprint density at radius 1 is 1.00 bits per heavy atom. The summed E-state index contributed by atoms with van der Waals surface area (Å²) >= 11 is 0. The van der Waals surface area contributed by atoms with Crippen LogP contribution in [0.2, 0.25) is 0 Å². The first kappa shape index (κ1) is 23.1. The van der Waals surface area contributed by atoms with Crippen LogP contribution in [0.4, 0.5) is 0 Å². The van der Waals surface area contributed by atoms with Gasteiger partial charge in [0, 0.05) is 6.04 Å². The van der Waals surface area contributed by atoms with E-state index in [0.717, 1.165) is 23.7 Å². The number of carboxylic acid groups (broad SMARTS) is 1. The molecule has 2 unspecified atom stereocenters. The minimum atomic E-state index is -1.09. The topological polar surface area (TPSA) is 66.2 Å². The quantitative estimate of drug-likeness (QED) is 0.724. The average molecular weight is 398 g/mol. The molecule has 3 nitrogen and oxygen atoms in total. The molecule has 4 aliphatic rings. The van der Waals surface area contributed by atoms with Gasteiger partial charge in [-0.2, -0.15) is 0 Å². The molecule has 0 radical (unpaired) electrons. The summed E-state index contributed by atoms with van der Waals surface area (Å²) in [5.41, 5.74) is 6.82. The smallest absolute Gasteiger partial charge is 0.548 e. The van der Waals surface area contributed by atoms with Crippen LogP contribution in [0.15, 0.2) is 0 Å². The van der Waals surface area contributed by atoms with Gasteiger partial charge in [0.25, 0.3) is 0 Å². The zero-order valence-corrected chi connectivity index (χ0v) is 20.7. The summed E-state index contributed by atoms with van der Waals surface area (Å²) in [6.07, 6.45) is 14.7. The Bertz CT molecular complexity index is 583. The van der Waals surface area contributed by atoms with Crippen molar-refractivity contribution in [2.24, 2.45) is 52.1 Å². The van der Waals surface area contributed by atoms with Crippen LogP contribution in [0.5, 0.6) is 0 Å². The first-order chi connectivity index (χ1) is 12.8. The van der Waals surface area contributed by atoms with E-state index in [1.54, 1.807) is 0 Å². The molecule has 0 aromatic heterocycles. The monoisotopic (exact) mass is 397 g/mol. The minimum Gasteiger partial charge on any atom is -0.548 e. The molecule has 4 aliphatic carbocycles. The molecule has 0 aliphatic heterocycles. The number of carboxylic acids is 1. The Kier molecular flexibility index (Phi) is 7.03. The normalized spacial score (nSPS) is 47.1. The Morgan fingerprint density at radius 2 is 1.71 bits per heavy atom. The van der Waals surface area contributed by atoms with Crippen LogP contribution < -0.4 is 40.4 Å². The number of rotatable bonds is 4. The maximum atomic E-state index is 11.1. The Hall–Kier alpha value is 0.430. The molecule has 28 heavy (non-hydrogen) atoms. The van der Waals surface area contributed by atoms with Crippen LogP contribution in [0.3, 0.4) is 0 Å². The number of nitrogens with two attached hydrogens (primary N) is 1. The van der Waals surface area contributed by atoms with Crippen molar-refractivity contribution in [2.45, 2.75) is 97.4 Å². The van der Waals surface area contributed by atoms with Crippen LogP contribution in [-0.2, 0) is 4.79 Å². The van der Waals surface area contributed by atoms with Crippen LogP contribution in [0.25, 0.3) is 0 Å². The van der Waals surface area contributed by atoms with Crippen molar-refractivity contribution in [3.8, 4) is 0 Å². The summed E-state index contributed by atoms with van der Waals surface area (Å²) in [6, 6.07) is -0.810. The SMILES string of the molecule is C[C@H](CC(N)C(=O)[O-])[C@H]1CC[C@H]2[C@@H]3CCC4CCCC[C@]4(C)[C@H]3CC[C@]12C.[Na+]. The fraction of sp³-hybridized carbons (Fsp3) is 0.958. The third-order valence-corrected chi connectivity index (χ3v) is 10.3. The van der Waals surface area contributed by atoms with Gasteiger partial charge in [-0.1, -0.05) is 33.6 Å². The summed E-state index contributed by atoms with van der Waals surface area (Å²) in [7, 11) is 0. The van der Waals surface area contributed by atoms with E-state index >= 15 is 0 Å². The molecule has 154 valence electrons. The summed E-state index contributed by atoms with van der Waals surface area (Å²) in [5, 5.41) is 11.1. The molecule has 2 N–H and O–H groups in total. The van der Waals surface area contributed by atoms with E-state index in [9.17, 15) is 9.90 Å². The van der Waals surface area contributed by atoms with Gasteiger partial charge in [0.15, 0.2) is 0 Å². The molecule has 0 heterocycles. The van der Waals surface area contributed by atoms with E-state index in [1.165, 1.54) is 64.2 Å². The fourth-order valence-corrected chi connectivity index (χ4v) is 8.93. The zero-order valence-electron chi connectivity index (χ0n) is 18.7. The molecule has 0 saturated heterocycles. The van der Waals surface area contributed by atoms with Crippen molar-refractivity contribution >= 4 is 5.97 Å². The van der Waals surface area contributed by atoms with Gasteiger partial charge in [-0.3, -0.25) is 0 Å². The zero-order chi connectivity index (χ0) is 19.4. The number of carbonyl (C=O) groups excluding carboxylic acids is 1. The van der Waals surface area contributed by atoms with Gasteiger partial charge in [-0.25, -0.2) is 0 Å². The van der Waals surface area contributed by atoms with Crippen LogP contribution >= 0.6 is 0 Å². The molecular weight excluding hydrogens is 357 g/mol. The second kappa shape index (κ2) is 8.52. The van der Waals surface area contributed by atoms with E-state index in [4.69, 9.17) is 5.73 Å². The van der Waals surface area contributed by atoms with Crippen LogP contribution in [-0.4, -0.2) is 12.0 Å². The third-order valence-electron chi connectivity index (χ3n) is 10.3. The fourth-order valence-electron chi connectivity index (χ4n) is 8.93. The number of fused-ring (bicyclic) bond motifs is 5. The maximum Gasteiger partial charge on any atom is 1.00 e. The maximum absolute atomic E-state index is 11.1. The Labute approximate surface area is 194 Å². The van der Waals surface area contributed by atoms with Crippen molar-refractivity contribution in [2.75, 3.05) is 0 Å². The molecule has 4 fully saturated rings. The number of hydrogen-bond donors (Lipinski definition) is 1. The van der Waals surface area contributed by atoms with Gasteiger partial charge < -0.3 is 15.6 Å². The van der Waals surface area contributed by atoms with Gasteiger partial charge in [0.2, 0.25) is 0 Å². The van der Waals surface area contributed by atoms with Gasteiger partial charge >= 0.3 is 29.6 Å². The van der Waals surface area contributed by atoms with Crippen molar-refractivity contribution < 1.29 is 39.5 Å². The molecule has 4 rings (SSSR count). The molecule has 0 amide bonds. The number of carbonyl (C=O) groups is 1. The standard InChI is InChI=1S/C24H41NO2.Na/c1-15(14-21(25)22(26)27)18-9-10-19-17-8-7-16-6-4-5-12-23(16,2)20(17)11-13-24(18,19)3;/h15-21H,4-14,25H2,1-3H3,(H,26,27);/q;+1/p-1/t15-,16?,17+,18-,19+,20+,21?,23+,24-;/m1./s1. The molecule has 0 spiro atoms. The molecule has 0 bridgehead atoms. The molecule has 0 aromatic carbocycles. The second-order valence-corrected chi connectivity index (χ2v) is 11.3. The first-order valence-electron chi connectivity index (χ1n) is 11.7. The number of hydrogen-bond acceptors (Lipinski definition) is 3. The van der Waals surface area contributed by atoms with Crippen molar-refractivity contribution in [3.05, 3.63) is 0 Å². The van der Waals surface area contributed by atoms with E-state index in [2.05, 4.69) is 20.8 Å². The van der Waals surface area contributed by atoms with E-state index in [-0.39, 0.29) is 29.6 Å². The van der Waals surface area contributed by atoms with Crippen molar-refractivity contribution in [3.63, 3.8) is 0 Å². The first-order valence-corrected chi connectivity index (χ1v) is 11.7. The minimum absolute atomic E-state index is 0. The molecule has 9 atom stereocenters. The molecule has 4 saturated carbocycles. The van der Waals surface area contributed by atoms with Crippen LogP contribution in [0, 0.1) is 46.3 Å². The summed E-state index contributed by atoms with van der Waals surface area (Å²) < 4.78 is 0. The number of aliphatic carboxylic acids is 1. The largest absolute Gasteiger partial charge is 1.00 e. The average Bonchev–Trinajstić information content (AvgIpc) is 2.98. The van der Waals surface area contributed by atoms with Crippen molar-refractivity contribution in [1.29, 1.82) is 0 Å². The van der Waals surface area contributed by atoms with Gasteiger partial charge in [0.05, 0.1) is 5.97 Å². The van der Waals surface area contributed by atoms with Gasteiger partial charge in [0.1, 0.15) is 0 Å². The summed E-state index contributed by atoms with van der Waals surface area (Å²) in [5.74, 6) is 3.60. The molecular formula is C24H40NNaO2. The van der Waals surface area contributed by atoms with Crippen molar-refractivity contribution in [1.82, 2.24) is 0 Å². The summed E-state index contributed by atoms with van der Waals surface area (Å²) in [4.78, 5) is 11.1. The van der Waals surface area contributed by atoms with Gasteiger partial charge in [-0.05, 0) is 104 Å². The Morgan fingerprint density at radius 3 is 2.43 bits per heavy atom. The second-order valence-electron chi connectivity index (χ2n) is 11.3. The predicted molar refractivity (Wildman–Crippen MR) is 107 cm³/mol. The Balaban J connectivity index is 0.00000225. The summed E-state index contributed by atoms with van der Waals surface area (Å²) in [6.45, 7) is 7.43. The van der Waals surface area contributed by atoms with E-state index < -0.39 is 12.0 Å².